The van der Waals surface area contributed by atoms with E-state index in [1.54, 1.807) is 0 Å². The molecule has 2 heterocycles. The van der Waals surface area contributed by atoms with Crippen molar-refractivity contribution in [1.82, 2.24) is 16.0 Å². The number of halogens is 1. The highest BCUT2D eigenvalue weighted by atomic mass is 35.5. The summed E-state index contributed by atoms with van der Waals surface area (Å²) in [5, 5.41) is 9.72. The van der Waals surface area contributed by atoms with E-state index in [4.69, 9.17) is 0 Å². The maximum Gasteiger partial charge on any atom is 0.225 e. The molecule has 2 aliphatic rings. The van der Waals surface area contributed by atoms with Gasteiger partial charge in [-0.25, -0.2) is 0 Å². The highest BCUT2D eigenvalue weighted by molar-refractivity contribution is 5.85. The van der Waals surface area contributed by atoms with Crippen LogP contribution in [0.3, 0.4) is 0 Å². The fraction of sp³-hybridized carbons (Fsp3) is 0.909. The third-order valence-corrected chi connectivity index (χ3v) is 3.68. The average molecular weight is 248 g/mol. The molecule has 16 heavy (non-hydrogen) atoms. The zero-order valence-corrected chi connectivity index (χ0v) is 10.8. The van der Waals surface area contributed by atoms with Gasteiger partial charge in [-0.15, -0.1) is 12.4 Å². The molecule has 1 amide bonds. The summed E-state index contributed by atoms with van der Waals surface area (Å²) in [6.45, 7) is 7.13. The minimum absolute atomic E-state index is 0. The van der Waals surface area contributed by atoms with E-state index in [1.807, 2.05) is 0 Å². The SMILES string of the molecule is CC1CCNC(C)C1NC(=O)C1CNC1.Cl. The molecule has 5 heteroatoms. The second kappa shape index (κ2) is 5.84. The van der Waals surface area contributed by atoms with E-state index in [0.29, 0.717) is 18.0 Å². The molecule has 0 spiro atoms. The van der Waals surface area contributed by atoms with Crippen molar-refractivity contribution in [3.8, 4) is 0 Å². The van der Waals surface area contributed by atoms with Crippen LogP contribution in [0.1, 0.15) is 20.3 Å². The van der Waals surface area contributed by atoms with E-state index in [1.165, 1.54) is 0 Å². The first kappa shape index (κ1) is 13.7. The van der Waals surface area contributed by atoms with Gasteiger partial charge in [-0.3, -0.25) is 4.79 Å². The largest absolute Gasteiger partial charge is 0.351 e. The fourth-order valence-electron chi connectivity index (χ4n) is 2.36. The summed E-state index contributed by atoms with van der Waals surface area (Å²) < 4.78 is 0. The lowest BCUT2D eigenvalue weighted by Crippen LogP contribution is -2.60. The summed E-state index contributed by atoms with van der Waals surface area (Å²) in [6, 6.07) is 0.692. The molecule has 0 aromatic carbocycles. The average Bonchev–Trinajstić information content (AvgIpc) is 2.08. The van der Waals surface area contributed by atoms with Crippen LogP contribution in [0.4, 0.5) is 0 Å². The van der Waals surface area contributed by atoms with Crippen LogP contribution in [-0.2, 0) is 4.79 Å². The van der Waals surface area contributed by atoms with Gasteiger partial charge in [0.15, 0.2) is 0 Å². The summed E-state index contributed by atoms with van der Waals surface area (Å²) in [7, 11) is 0. The molecule has 2 fully saturated rings. The second-order valence-corrected chi connectivity index (χ2v) is 4.90. The van der Waals surface area contributed by atoms with E-state index in [2.05, 4.69) is 29.8 Å². The number of carbonyl (C=O) groups excluding carboxylic acids is 1. The molecule has 0 aromatic rings. The molecule has 2 aliphatic heterocycles. The summed E-state index contributed by atoms with van der Waals surface area (Å²) in [6.07, 6.45) is 1.15. The molecule has 4 nitrogen and oxygen atoms in total. The topological polar surface area (TPSA) is 53.2 Å². The molecule has 3 atom stereocenters. The minimum Gasteiger partial charge on any atom is -0.351 e. The monoisotopic (exact) mass is 247 g/mol. The van der Waals surface area contributed by atoms with E-state index < -0.39 is 0 Å². The van der Waals surface area contributed by atoms with E-state index in [-0.39, 0.29) is 24.2 Å². The van der Waals surface area contributed by atoms with Crippen molar-refractivity contribution < 1.29 is 4.79 Å². The zero-order chi connectivity index (χ0) is 10.8. The van der Waals surface area contributed by atoms with Crippen molar-refractivity contribution in [2.45, 2.75) is 32.4 Å². The van der Waals surface area contributed by atoms with Crippen LogP contribution in [0.5, 0.6) is 0 Å². The van der Waals surface area contributed by atoms with Crippen molar-refractivity contribution in [3.05, 3.63) is 0 Å². The molecule has 0 radical (unpaired) electrons. The van der Waals surface area contributed by atoms with Gasteiger partial charge in [0, 0.05) is 25.2 Å². The lowest BCUT2D eigenvalue weighted by molar-refractivity contribution is -0.127. The van der Waals surface area contributed by atoms with Gasteiger partial charge in [-0.05, 0) is 25.8 Å². The van der Waals surface area contributed by atoms with Crippen LogP contribution in [0.25, 0.3) is 0 Å². The third-order valence-electron chi connectivity index (χ3n) is 3.68. The molecule has 0 bridgehead atoms. The highest BCUT2D eigenvalue weighted by Gasteiger charge is 2.32. The van der Waals surface area contributed by atoms with Gasteiger partial charge in [-0.1, -0.05) is 6.92 Å². The van der Waals surface area contributed by atoms with Crippen LogP contribution in [0, 0.1) is 11.8 Å². The van der Waals surface area contributed by atoms with Crippen LogP contribution in [0.15, 0.2) is 0 Å². The quantitative estimate of drug-likeness (QED) is 0.650. The molecular weight excluding hydrogens is 226 g/mol. The Kier molecular flexibility index (Phi) is 5.02. The number of piperidine rings is 1. The van der Waals surface area contributed by atoms with Gasteiger partial charge >= 0.3 is 0 Å². The highest BCUT2D eigenvalue weighted by Crippen LogP contribution is 2.17. The predicted molar refractivity (Wildman–Crippen MR) is 66.8 cm³/mol. The first-order valence-corrected chi connectivity index (χ1v) is 5.93. The molecule has 3 unspecified atom stereocenters. The van der Waals surface area contributed by atoms with Crippen LogP contribution in [-0.4, -0.2) is 37.6 Å². The Bertz CT molecular complexity index is 235. The standard InChI is InChI=1S/C11H21N3O.ClH/c1-7-3-4-13-8(2)10(7)14-11(15)9-5-12-6-9;/h7-10,12-13H,3-6H2,1-2H3,(H,14,15);1H. The molecule has 0 aliphatic carbocycles. The Hall–Kier alpha value is -0.320. The minimum atomic E-state index is 0. The van der Waals surface area contributed by atoms with Gasteiger partial charge in [0.1, 0.15) is 0 Å². The van der Waals surface area contributed by atoms with Gasteiger partial charge < -0.3 is 16.0 Å². The van der Waals surface area contributed by atoms with Gasteiger partial charge in [0.05, 0.1) is 5.92 Å². The zero-order valence-electron chi connectivity index (χ0n) is 9.95. The number of nitrogens with one attached hydrogen (secondary N) is 3. The number of hydrogen-bond donors (Lipinski definition) is 3. The van der Waals surface area contributed by atoms with Gasteiger partial charge in [0.2, 0.25) is 5.91 Å². The van der Waals surface area contributed by atoms with Crippen LogP contribution >= 0.6 is 12.4 Å². The van der Waals surface area contributed by atoms with E-state index in [0.717, 1.165) is 26.1 Å². The molecular formula is C11H22ClN3O. The predicted octanol–water partition coefficient (Wildman–Crippen LogP) is 0.130. The lowest BCUT2D eigenvalue weighted by Gasteiger charge is -2.38. The van der Waals surface area contributed by atoms with Crippen LogP contribution < -0.4 is 16.0 Å². The smallest absolute Gasteiger partial charge is 0.225 e. The van der Waals surface area contributed by atoms with Crippen molar-refractivity contribution in [2.75, 3.05) is 19.6 Å². The second-order valence-electron chi connectivity index (χ2n) is 4.90. The molecule has 0 saturated carbocycles. The molecule has 94 valence electrons. The Morgan fingerprint density at radius 2 is 2.00 bits per heavy atom. The van der Waals surface area contributed by atoms with Crippen molar-refractivity contribution in [1.29, 1.82) is 0 Å². The Morgan fingerprint density at radius 1 is 1.31 bits per heavy atom. The van der Waals surface area contributed by atoms with E-state index >= 15 is 0 Å². The summed E-state index contributed by atoms with van der Waals surface area (Å²) in [4.78, 5) is 11.8. The fourth-order valence-corrected chi connectivity index (χ4v) is 2.36. The normalized spacial score (nSPS) is 34.8. The lowest BCUT2D eigenvalue weighted by atomic mass is 9.88. The number of hydrogen-bond acceptors (Lipinski definition) is 3. The van der Waals surface area contributed by atoms with Crippen molar-refractivity contribution in [3.63, 3.8) is 0 Å². The molecule has 0 aromatic heterocycles. The summed E-state index contributed by atoms with van der Waals surface area (Å²) in [5.41, 5.74) is 0. The van der Waals surface area contributed by atoms with Gasteiger partial charge in [0.25, 0.3) is 0 Å². The maximum atomic E-state index is 11.8. The Morgan fingerprint density at radius 3 is 2.50 bits per heavy atom. The van der Waals surface area contributed by atoms with Gasteiger partial charge in [-0.2, -0.15) is 0 Å². The number of amides is 1. The third kappa shape index (κ3) is 2.87. The Balaban J connectivity index is 0.00000128. The summed E-state index contributed by atoms with van der Waals surface area (Å²) >= 11 is 0. The molecule has 3 N–H and O–H groups in total. The van der Waals surface area contributed by atoms with Crippen molar-refractivity contribution in [2.24, 2.45) is 11.8 Å². The molecule has 2 rings (SSSR count). The number of rotatable bonds is 2. The van der Waals surface area contributed by atoms with Crippen molar-refractivity contribution >= 4 is 18.3 Å². The molecule has 2 saturated heterocycles. The first-order valence-electron chi connectivity index (χ1n) is 5.93. The maximum absolute atomic E-state index is 11.8. The van der Waals surface area contributed by atoms with Crippen LogP contribution in [0.2, 0.25) is 0 Å². The first-order chi connectivity index (χ1) is 7.18. The number of carbonyl (C=O) groups is 1. The summed E-state index contributed by atoms with van der Waals surface area (Å²) in [5.74, 6) is 1.01. The Labute approximate surface area is 103 Å². The van der Waals surface area contributed by atoms with E-state index in [9.17, 15) is 4.79 Å².